The Morgan fingerprint density at radius 3 is 1.75 bits per heavy atom. The maximum Gasteiger partial charge on any atom is 0.142 e. The predicted molar refractivity (Wildman–Crippen MR) is 242 cm³/mol. The van der Waals surface area contributed by atoms with Gasteiger partial charge in [0.2, 0.25) is 0 Å². The number of fused-ring (bicyclic) bond motifs is 4. The summed E-state index contributed by atoms with van der Waals surface area (Å²) in [6.07, 6.45) is 0. The van der Waals surface area contributed by atoms with Gasteiger partial charge in [0.05, 0.1) is 5.69 Å². The summed E-state index contributed by atoms with van der Waals surface area (Å²) in [4.78, 5) is 10.2. The van der Waals surface area contributed by atoms with Crippen molar-refractivity contribution >= 4 is 32.9 Å². The van der Waals surface area contributed by atoms with E-state index in [0.717, 1.165) is 106 Å². The number of hydrogen-bond acceptors (Lipinski definition) is 5. The molecule has 0 aliphatic carbocycles. The van der Waals surface area contributed by atoms with Gasteiger partial charge < -0.3 is 13.9 Å². The molecule has 0 atom stereocenters. The molecule has 4 heterocycles. The number of phenols is 1. The molecule has 0 saturated heterocycles. The second-order valence-corrected chi connectivity index (χ2v) is 15.1. The number of aromatic nitrogens is 2. The second-order valence-electron chi connectivity index (χ2n) is 15.1. The molecule has 0 amide bonds. The molecule has 0 unspecified atom stereocenters. The van der Waals surface area contributed by atoms with Crippen LogP contribution in [0.2, 0.25) is 0 Å². The van der Waals surface area contributed by atoms with E-state index in [-0.39, 0.29) is 26.8 Å². The number of hydrogen-bond donors (Lipinski definition) is 1. The Bertz CT molecular complexity index is 3410. The first-order valence-corrected chi connectivity index (χ1v) is 19.9. The summed E-state index contributed by atoms with van der Waals surface area (Å²) >= 11 is 0. The Labute approximate surface area is 366 Å². The van der Waals surface area contributed by atoms with E-state index < -0.39 is 0 Å². The molecule has 11 aromatic rings. The van der Waals surface area contributed by atoms with Crippen LogP contribution in [0.5, 0.6) is 5.75 Å². The molecule has 0 radical (unpaired) electrons. The number of phenolic OH excluding ortho intramolecular Hbond substituents is 1. The fraction of sp³-hybridized carbons (Fsp3) is 0.0182. The molecule has 294 valence electrons. The van der Waals surface area contributed by atoms with Crippen molar-refractivity contribution in [3.8, 4) is 84.2 Å². The summed E-state index contributed by atoms with van der Waals surface area (Å²) in [5.41, 5.74) is 14.7. The summed E-state index contributed by atoms with van der Waals surface area (Å²) in [5, 5.41) is 14.6. The second kappa shape index (κ2) is 15.7. The molecule has 0 aliphatic heterocycles. The van der Waals surface area contributed by atoms with Crippen molar-refractivity contribution < 1.29 is 35.0 Å². The van der Waals surface area contributed by atoms with Crippen molar-refractivity contribution in [1.29, 1.82) is 0 Å². The summed E-state index contributed by atoms with van der Waals surface area (Å²) in [7, 11) is 0. The maximum absolute atomic E-state index is 11.4. The van der Waals surface area contributed by atoms with Gasteiger partial charge >= 0.3 is 0 Å². The third kappa shape index (κ3) is 7.03. The molecule has 7 aromatic carbocycles. The Hall–Kier alpha value is -7.33. The van der Waals surface area contributed by atoms with Gasteiger partial charge in [-0.1, -0.05) is 132 Å². The van der Waals surface area contributed by atoms with Gasteiger partial charge in [-0.15, -0.1) is 24.3 Å². The van der Waals surface area contributed by atoms with E-state index in [0.29, 0.717) is 11.3 Å². The number of benzene rings is 7. The largest absolute Gasteiger partial charge is 0.507 e. The molecule has 5 nitrogen and oxygen atoms in total. The summed E-state index contributed by atoms with van der Waals surface area (Å²) < 4.78 is 13.0. The molecule has 0 bridgehead atoms. The van der Waals surface area contributed by atoms with Crippen molar-refractivity contribution in [3.63, 3.8) is 0 Å². The van der Waals surface area contributed by atoms with Crippen molar-refractivity contribution in [2.45, 2.75) is 6.92 Å². The van der Waals surface area contributed by atoms with E-state index >= 15 is 0 Å². The van der Waals surface area contributed by atoms with E-state index in [2.05, 4.69) is 66.7 Å². The fourth-order valence-electron chi connectivity index (χ4n) is 8.28. The molecular formula is C55H35N2O3Pt-. The first kappa shape index (κ1) is 37.9. The van der Waals surface area contributed by atoms with Gasteiger partial charge in [-0.2, -0.15) is 0 Å². The van der Waals surface area contributed by atoms with Gasteiger partial charge in [0.1, 0.15) is 28.3 Å². The van der Waals surface area contributed by atoms with Crippen LogP contribution < -0.4 is 0 Å². The average molecular weight is 967 g/mol. The number of furan rings is 2. The van der Waals surface area contributed by atoms with Crippen LogP contribution in [0.4, 0.5) is 0 Å². The minimum absolute atomic E-state index is 0. The number of nitrogens with zero attached hydrogens (tertiary/aromatic N) is 2. The summed E-state index contributed by atoms with van der Waals surface area (Å²) in [6.45, 7) is 2.01. The number of aromatic hydroxyl groups is 1. The minimum atomic E-state index is 0. The van der Waals surface area contributed by atoms with E-state index in [1.807, 2.05) is 128 Å². The van der Waals surface area contributed by atoms with Crippen molar-refractivity contribution in [2.24, 2.45) is 0 Å². The predicted octanol–water partition coefficient (Wildman–Crippen LogP) is 14.6. The van der Waals surface area contributed by atoms with Gasteiger partial charge in [0.25, 0.3) is 0 Å². The Balaban J connectivity index is 0.00000445. The molecule has 6 heteroatoms. The molecule has 0 spiro atoms. The average Bonchev–Trinajstić information content (AvgIpc) is 3.88. The zero-order chi connectivity index (χ0) is 40.2. The third-order valence-electron chi connectivity index (χ3n) is 11.1. The Morgan fingerprint density at radius 1 is 0.426 bits per heavy atom. The van der Waals surface area contributed by atoms with Crippen LogP contribution in [0.1, 0.15) is 5.69 Å². The van der Waals surface area contributed by atoms with Crippen molar-refractivity contribution in [3.05, 3.63) is 200 Å². The first-order chi connectivity index (χ1) is 29.5. The van der Waals surface area contributed by atoms with Gasteiger partial charge in [-0.05, 0) is 83.3 Å². The number of pyridine rings is 2. The monoisotopic (exact) mass is 966 g/mol. The zero-order valence-corrected chi connectivity index (χ0v) is 35.1. The molecule has 4 aromatic heterocycles. The molecule has 0 fully saturated rings. The normalized spacial score (nSPS) is 11.3. The Kier molecular flexibility index (Phi) is 9.75. The van der Waals surface area contributed by atoms with Crippen LogP contribution in [-0.4, -0.2) is 15.1 Å². The van der Waals surface area contributed by atoms with Crippen molar-refractivity contribution in [1.82, 2.24) is 9.97 Å². The van der Waals surface area contributed by atoms with E-state index in [1.165, 1.54) is 0 Å². The van der Waals surface area contributed by atoms with E-state index in [4.69, 9.17) is 18.8 Å². The smallest absolute Gasteiger partial charge is 0.142 e. The molecular weight excluding hydrogens is 932 g/mol. The third-order valence-corrected chi connectivity index (χ3v) is 11.1. The first-order valence-electron chi connectivity index (χ1n) is 19.9. The van der Waals surface area contributed by atoms with Crippen LogP contribution in [-0.2, 0) is 21.1 Å². The standard InChI is InChI=1S/C55H35N2O3.Pt/c1-34-27-42(55-54(46-20-9-11-22-52(46)60-55)40-24-25-44-43-19-8-10-21-51(43)59-53(44)33-40)31-47(56-34)38-17-12-18-39(28-38)48-29-41(36-15-6-3-7-16-36)30-49(57-48)45-26-23-37(32-50(45)58)35-13-4-2-5-14-35;/h2-27,29-33,58H,1H3;/q-1;. The SMILES string of the molecule is Cc1cc(-c2oc3ccccc3c2-c2ccc3c(c2)oc2ccccc23)cc(-c2[c-]c(-c3cc(-c4ccccc4)cc(-c4ccc(-c5ccccc5)cc4O)n3)ccc2)n1.[Pt]. The van der Waals surface area contributed by atoms with Crippen LogP contribution in [0.3, 0.4) is 0 Å². The van der Waals surface area contributed by atoms with Crippen LogP contribution >= 0.6 is 0 Å². The molecule has 0 saturated carbocycles. The van der Waals surface area contributed by atoms with Crippen LogP contribution in [0, 0.1) is 13.0 Å². The molecule has 61 heavy (non-hydrogen) atoms. The number of aryl methyl sites for hydroxylation is 1. The fourth-order valence-corrected chi connectivity index (χ4v) is 8.28. The Morgan fingerprint density at radius 2 is 1.02 bits per heavy atom. The van der Waals surface area contributed by atoms with E-state index in [1.54, 1.807) is 6.07 Å². The van der Waals surface area contributed by atoms with Gasteiger partial charge in [-0.3, -0.25) is 9.97 Å². The molecule has 1 N–H and O–H groups in total. The van der Waals surface area contributed by atoms with Crippen LogP contribution in [0.25, 0.3) is 111 Å². The minimum Gasteiger partial charge on any atom is -0.507 e. The summed E-state index contributed by atoms with van der Waals surface area (Å²) in [5.74, 6) is 0.922. The zero-order valence-electron chi connectivity index (χ0n) is 32.9. The van der Waals surface area contributed by atoms with Gasteiger partial charge in [0.15, 0.2) is 0 Å². The van der Waals surface area contributed by atoms with Crippen molar-refractivity contribution in [2.75, 3.05) is 0 Å². The quantitative estimate of drug-likeness (QED) is 0.161. The van der Waals surface area contributed by atoms with Gasteiger partial charge in [-0.25, -0.2) is 0 Å². The van der Waals surface area contributed by atoms with Crippen LogP contribution in [0.15, 0.2) is 197 Å². The number of rotatable bonds is 7. The maximum atomic E-state index is 11.4. The number of para-hydroxylation sites is 2. The molecule has 11 rings (SSSR count). The van der Waals surface area contributed by atoms with E-state index in [9.17, 15) is 5.11 Å². The summed E-state index contributed by atoms with van der Waals surface area (Å²) in [6, 6.07) is 66.7. The van der Waals surface area contributed by atoms with Gasteiger partial charge in [0, 0.05) is 71.0 Å². The topological polar surface area (TPSA) is 72.3 Å². The molecule has 0 aliphatic rings.